The van der Waals surface area contributed by atoms with Gasteiger partial charge >= 0.3 is 180 Å². The van der Waals surface area contributed by atoms with Gasteiger partial charge in [0.15, 0.2) is 0 Å². The molecule has 2 aromatic rings. The predicted octanol–water partition coefficient (Wildman–Crippen LogP) is -1.25. The molecule has 0 atom stereocenters. The summed E-state index contributed by atoms with van der Waals surface area (Å²) in [4.78, 5) is 29.8. The average molecular weight is 510 g/mol. The molecular formula is C20H25IN5O3-. The molecule has 0 saturated carbocycles. The number of nitrogens with one attached hydrogen (secondary N) is 2. The molecule has 0 aliphatic carbocycles. The third-order valence-corrected chi connectivity index (χ3v) is 6.75. The Hall–Kier alpha value is -2.27. The molecule has 0 radical (unpaired) electrons. The zero-order valence-electron chi connectivity index (χ0n) is 16.9. The van der Waals surface area contributed by atoms with Crippen molar-refractivity contribution in [2.24, 2.45) is 4.99 Å². The van der Waals surface area contributed by atoms with E-state index in [4.69, 9.17) is 5.11 Å². The molecule has 1 aliphatic heterocycles. The number of benzene rings is 1. The Kier molecular flexibility index (Phi) is 6.37. The van der Waals surface area contributed by atoms with Crippen LogP contribution in [-0.2, 0) is 5.54 Å². The van der Waals surface area contributed by atoms with Crippen LogP contribution in [0, 0.1) is 10.5 Å². The summed E-state index contributed by atoms with van der Waals surface area (Å²) in [5.74, 6) is 0.147. The third kappa shape index (κ3) is 4.84. The molecule has 2 heterocycles. The molecule has 1 aromatic carbocycles. The average Bonchev–Trinajstić information content (AvgIpc) is 3.20. The van der Waals surface area contributed by atoms with Crippen molar-refractivity contribution in [3.05, 3.63) is 44.7 Å². The number of aliphatic hydroxyl groups excluding tert-OH is 1. The first kappa shape index (κ1) is 21.4. The molecule has 0 unspecified atom stereocenters. The molecule has 0 spiro atoms. The summed E-state index contributed by atoms with van der Waals surface area (Å²) >= 11 is -0.853. The molecule has 0 bridgehead atoms. The van der Waals surface area contributed by atoms with Crippen molar-refractivity contribution in [3.63, 3.8) is 0 Å². The van der Waals surface area contributed by atoms with Crippen LogP contribution in [0.5, 0.6) is 0 Å². The monoisotopic (exact) mass is 510 g/mol. The van der Waals surface area contributed by atoms with Crippen LogP contribution >= 0.6 is 0 Å². The van der Waals surface area contributed by atoms with E-state index in [1.54, 1.807) is 16.8 Å². The minimum absolute atomic E-state index is 0.0139. The van der Waals surface area contributed by atoms with E-state index in [2.05, 4.69) is 20.7 Å². The summed E-state index contributed by atoms with van der Waals surface area (Å²) in [5.41, 5.74) is 1.64. The van der Waals surface area contributed by atoms with Crippen LogP contribution in [0.2, 0.25) is 0 Å². The summed E-state index contributed by atoms with van der Waals surface area (Å²) in [6.07, 6.45) is 0.483. The predicted molar refractivity (Wildman–Crippen MR) is 106 cm³/mol. The Morgan fingerprint density at radius 1 is 1.17 bits per heavy atom. The van der Waals surface area contributed by atoms with Crippen LogP contribution in [0.4, 0.5) is 5.82 Å². The number of rotatable bonds is 5. The molecule has 3 rings (SSSR count). The zero-order valence-corrected chi connectivity index (χ0v) is 19.1. The summed E-state index contributed by atoms with van der Waals surface area (Å²) in [6, 6.07) is 7.34. The Morgan fingerprint density at radius 3 is 2.48 bits per heavy atom. The van der Waals surface area contributed by atoms with Crippen LogP contribution in [0.25, 0.3) is 0 Å². The first-order chi connectivity index (χ1) is 13.7. The molecule has 9 heteroatoms. The summed E-state index contributed by atoms with van der Waals surface area (Å²) in [7, 11) is 0. The molecule has 3 N–H and O–H groups in total. The summed E-state index contributed by atoms with van der Waals surface area (Å²) in [6.45, 7) is 8.33. The van der Waals surface area contributed by atoms with E-state index in [1.165, 1.54) is 0 Å². The van der Waals surface area contributed by atoms with Gasteiger partial charge in [-0.25, -0.2) is 0 Å². The van der Waals surface area contributed by atoms with Gasteiger partial charge < -0.3 is 0 Å². The van der Waals surface area contributed by atoms with Gasteiger partial charge in [0, 0.05) is 0 Å². The van der Waals surface area contributed by atoms with Crippen molar-refractivity contribution in [1.82, 2.24) is 20.4 Å². The maximum atomic E-state index is 12.6. The van der Waals surface area contributed by atoms with Crippen LogP contribution < -0.4 is 31.8 Å². The fourth-order valence-corrected chi connectivity index (χ4v) is 5.12. The number of nitrogens with zero attached hydrogens (tertiary/aromatic N) is 3. The van der Waals surface area contributed by atoms with Crippen molar-refractivity contribution >= 4 is 21.5 Å². The second-order valence-electron chi connectivity index (χ2n) is 7.72. The van der Waals surface area contributed by atoms with Crippen LogP contribution in [-0.4, -0.2) is 43.7 Å². The summed E-state index contributed by atoms with van der Waals surface area (Å²) < 4.78 is 3.15. The van der Waals surface area contributed by atoms with Gasteiger partial charge in [0.05, 0.1) is 0 Å². The standard InChI is InChI=1S/C20H25IN5O3/c1-12-6-8-13(9-7-12)17(28)24-19-21-14-15(18(29)22-10-5-11-27)25-26(16(14)23-19)20(2,3)4/h6-9,27H,5,10-11H2,1-4H3,(H,22,29)(H,23,24,28)/q-1. The quantitative estimate of drug-likeness (QED) is 0.266. The SMILES string of the molecule is Cc1ccc(C(=O)NC2=Nc3c(c(C(=O)NCCCO)nn3C(C)(C)C)[I-]2)cc1. The van der Waals surface area contributed by atoms with E-state index in [0.717, 1.165) is 9.13 Å². The van der Waals surface area contributed by atoms with E-state index in [-0.39, 0.29) is 24.0 Å². The molecule has 156 valence electrons. The molecule has 1 aromatic heterocycles. The molecule has 0 saturated heterocycles. The number of aromatic nitrogens is 2. The Labute approximate surface area is 180 Å². The summed E-state index contributed by atoms with van der Waals surface area (Å²) in [5, 5.41) is 19.1. The van der Waals surface area contributed by atoms with Crippen molar-refractivity contribution in [3.8, 4) is 0 Å². The number of carbonyl (C=O) groups is 2. The fraction of sp³-hybridized carbons (Fsp3) is 0.400. The Balaban J connectivity index is 1.83. The van der Waals surface area contributed by atoms with Crippen LogP contribution in [0.1, 0.15) is 53.6 Å². The number of aliphatic imine (C=N–C) groups is 1. The van der Waals surface area contributed by atoms with Crippen LogP contribution in [0.3, 0.4) is 0 Å². The molecule has 0 fully saturated rings. The minimum atomic E-state index is -0.853. The second kappa shape index (κ2) is 8.62. The van der Waals surface area contributed by atoms with E-state index >= 15 is 0 Å². The zero-order chi connectivity index (χ0) is 21.2. The van der Waals surface area contributed by atoms with E-state index in [1.807, 2.05) is 39.8 Å². The first-order valence-corrected chi connectivity index (χ1v) is 11.5. The second-order valence-corrected chi connectivity index (χ2v) is 10.4. The number of fused-ring (bicyclic) bond motifs is 1. The van der Waals surface area contributed by atoms with Gasteiger partial charge in [0.25, 0.3) is 0 Å². The van der Waals surface area contributed by atoms with Gasteiger partial charge in [-0.3, -0.25) is 0 Å². The number of hydrogen-bond donors (Lipinski definition) is 3. The van der Waals surface area contributed by atoms with E-state index < -0.39 is 21.2 Å². The number of amides is 2. The number of hydrogen-bond acceptors (Lipinski definition) is 5. The Morgan fingerprint density at radius 2 is 1.86 bits per heavy atom. The number of amidine groups is 1. The van der Waals surface area contributed by atoms with Crippen LogP contribution in [0.15, 0.2) is 29.3 Å². The fourth-order valence-electron chi connectivity index (χ4n) is 2.68. The van der Waals surface area contributed by atoms with E-state index in [9.17, 15) is 9.59 Å². The third-order valence-electron chi connectivity index (χ3n) is 4.19. The topological polar surface area (TPSA) is 109 Å². The first-order valence-electron chi connectivity index (χ1n) is 9.35. The van der Waals surface area contributed by atoms with Gasteiger partial charge in [-0.2, -0.15) is 0 Å². The van der Waals surface area contributed by atoms with Gasteiger partial charge in [-0.1, -0.05) is 0 Å². The van der Waals surface area contributed by atoms with Gasteiger partial charge in [0.2, 0.25) is 0 Å². The van der Waals surface area contributed by atoms with Crippen molar-refractivity contribution < 1.29 is 35.9 Å². The van der Waals surface area contributed by atoms with Crippen molar-refractivity contribution in [2.75, 3.05) is 13.2 Å². The number of halogens is 1. The molecule has 8 nitrogen and oxygen atoms in total. The van der Waals surface area contributed by atoms with Gasteiger partial charge in [-0.05, 0) is 0 Å². The number of aliphatic hydroxyl groups is 1. The van der Waals surface area contributed by atoms with E-state index in [0.29, 0.717) is 33.9 Å². The van der Waals surface area contributed by atoms with Gasteiger partial charge in [-0.15, -0.1) is 0 Å². The van der Waals surface area contributed by atoms with Crippen molar-refractivity contribution in [1.29, 1.82) is 0 Å². The number of carbonyl (C=O) groups excluding carboxylic acids is 2. The molecular weight excluding hydrogens is 485 g/mol. The number of aryl methyl sites for hydroxylation is 1. The van der Waals surface area contributed by atoms with Crippen molar-refractivity contribution in [2.45, 2.75) is 39.7 Å². The Bertz CT molecular complexity index is 958. The van der Waals surface area contributed by atoms with Gasteiger partial charge in [0.1, 0.15) is 0 Å². The molecule has 2 amide bonds. The molecule has 1 aliphatic rings. The maximum absolute atomic E-state index is 12.6. The normalized spacial score (nSPS) is 13.3. The molecule has 29 heavy (non-hydrogen) atoms.